The van der Waals surface area contributed by atoms with Crippen LogP contribution in [-0.4, -0.2) is 6.54 Å². The summed E-state index contributed by atoms with van der Waals surface area (Å²) >= 11 is 0. The lowest BCUT2D eigenvalue weighted by molar-refractivity contribution is 0.451. The highest BCUT2D eigenvalue weighted by atomic mass is 19.1. The molecule has 1 N–H and O–H groups in total. The van der Waals surface area contributed by atoms with Gasteiger partial charge in [0.1, 0.15) is 17.3 Å². The van der Waals surface area contributed by atoms with E-state index in [1.807, 2.05) is 24.3 Å². The first-order valence-electron chi connectivity index (χ1n) is 6.30. The first-order chi connectivity index (χ1) is 8.78. The Balaban J connectivity index is 1.71. The van der Waals surface area contributed by atoms with Gasteiger partial charge in [-0.1, -0.05) is 19.1 Å². The van der Waals surface area contributed by atoms with Gasteiger partial charge in [-0.3, -0.25) is 0 Å². The van der Waals surface area contributed by atoms with Crippen molar-refractivity contribution < 1.29 is 8.81 Å². The van der Waals surface area contributed by atoms with E-state index in [0.717, 1.165) is 43.0 Å². The van der Waals surface area contributed by atoms with E-state index in [-0.39, 0.29) is 5.82 Å². The number of furan rings is 1. The minimum absolute atomic E-state index is 0.186. The Morgan fingerprint density at radius 3 is 2.44 bits per heavy atom. The average molecular weight is 247 g/mol. The minimum Gasteiger partial charge on any atom is -0.465 e. The summed E-state index contributed by atoms with van der Waals surface area (Å²) in [5.74, 6) is 1.80. The molecule has 1 aromatic heterocycles. The van der Waals surface area contributed by atoms with E-state index < -0.39 is 0 Å². The van der Waals surface area contributed by atoms with Gasteiger partial charge < -0.3 is 9.73 Å². The molecule has 3 heteroatoms. The van der Waals surface area contributed by atoms with Crippen LogP contribution in [0.1, 0.15) is 24.0 Å². The van der Waals surface area contributed by atoms with Crippen molar-refractivity contribution in [2.75, 3.05) is 6.54 Å². The Labute approximate surface area is 107 Å². The molecule has 0 saturated carbocycles. The third-order valence-electron chi connectivity index (χ3n) is 2.87. The molecular weight excluding hydrogens is 229 g/mol. The average Bonchev–Trinajstić information content (AvgIpc) is 2.85. The van der Waals surface area contributed by atoms with E-state index in [0.29, 0.717) is 0 Å². The van der Waals surface area contributed by atoms with Crippen molar-refractivity contribution in [1.29, 1.82) is 0 Å². The molecule has 2 rings (SSSR count). The van der Waals surface area contributed by atoms with Gasteiger partial charge in [-0.2, -0.15) is 0 Å². The number of benzene rings is 1. The van der Waals surface area contributed by atoms with Crippen LogP contribution in [0.5, 0.6) is 0 Å². The van der Waals surface area contributed by atoms with Crippen molar-refractivity contribution >= 4 is 0 Å². The summed E-state index contributed by atoms with van der Waals surface area (Å²) in [5.41, 5.74) is 1.14. The fourth-order valence-electron chi connectivity index (χ4n) is 1.80. The second kappa shape index (κ2) is 6.36. The number of aryl methyl sites for hydroxylation is 1. The molecule has 1 aromatic carbocycles. The second-order valence-corrected chi connectivity index (χ2v) is 4.27. The van der Waals surface area contributed by atoms with Crippen molar-refractivity contribution in [3.05, 3.63) is 59.3 Å². The SMILES string of the molecule is CCc1ccc(CNCCc2ccc(F)cc2)o1. The molecule has 0 bridgehead atoms. The monoisotopic (exact) mass is 247 g/mol. The number of halogens is 1. The Bertz CT molecular complexity index is 475. The van der Waals surface area contributed by atoms with Crippen molar-refractivity contribution in [3.8, 4) is 0 Å². The van der Waals surface area contributed by atoms with Crippen molar-refractivity contribution in [1.82, 2.24) is 5.32 Å². The normalized spacial score (nSPS) is 10.8. The predicted octanol–water partition coefficient (Wildman–Crippen LogP) is 3.31. The lowest BCUT2D eigenvalue weighted by Crippen LogP contribution is -2.16. The molecule has 0 unspecified atom stereocenters. The van der Waals surface area contributed by atoms with Gasteiger partial charge in [-0.05, 0) is 42.8 Å². The molecule has 0 aliphatic heterocycles. The molecule has 0 aliphatic carbocycles. The standard InChI is InChI=1S/C15H18FNO/c1-2-14-7-8-15(18-14)11-17-10-9-12-3-5-13(16)6-4-12/h3-8,17H,2,9-11H2,1H3. The number of rotatable bonds is 6. The molecule has 0 aliphatic rings. The zero-order chi connectivity index (χ0) is 12.8. The van der Waals surface area contributed by atoms with Gasteiger partial charge in [0.05, 0.1) is 6.54 Å². The van der Waals surface area contributed by atoms with Crippen LogP contribution in [0.4, 0.5) is 4.39 Å². The van der Waals surface area contributed by atoms with E-state index >= 15 is 0 Å². The first-order valence-corrected chi connectivity index (χ1v) is 6.30. The third-order valence-corrected chi connectivity index (χ3v) is 2.87. The molecule has 0 spiro atoms. The molecule has 2 nitrogen and oxygen atoms in total. The van der Waals surface area contributed by atoms with Gasteiger partial charge in [0.15, 0.2) is 0 Å². The zero-order valence-corrected chi connectivity index (χ0v) is 10.6. The van der Waals surface area contributed by atoms with E-state index in [4.69, 9.17) is 4.42 Å². The third kappa shape index (κ3) is 3.70. The Hall–Kier alpha value is -1.61. The fraction of sp³-hybridized carbons (Fsp3) is 0.333. The zero-order valence-electron chi connectivity index (χ0n) is 10.6. The van der Waals surface area contributed by atoms with Crippen LogP contribution >= 0.6 is 0 Å². The summed E-state index contributed by atoms with van der Waals surface area (Å²) in [4.78, 5) is 0. The van der Waals surface area contributed by atoms with Gasteiger partial charge in [-0.25, -0.2) is 4.39 Å². The van der Waals surface area contributed by atoms with Crippen molar-refractivity contribution in [2.45, 2.75) is 26.3 Å². The van der Waals surface area contributed by atoms with Gasteiger partial charge in [0, 0.05) is 6.42 Å². The number of nitrogens with one attached hydrogen (secondary N) is 1. The quantitative estimate of drug-likeness (QED) is 0.792. The topological polar surface area (TPSA) is 25.2 Å². The number of hydrogen-bond donors (Lipinski definition) is 1. The summed E-state index contributed by atoms with van der Waals surface area (Å²) in [5, 5.41) is 3.31. The fourth-order valence-corrected chi connectivity index (χ4v) is 1.80. The summed E-state index contributed by atoms with van der Waals surface area (Å²) in [7, 11) is 0. The molecule has 18 heavy (non-hydrogen) atoms. The molecule has 0 radical (unpaired) electrons. The summed E-state index contributed by atoms with van der Waals surface area (Å²) in [6.45, 7) is 3.67. The molecule has 96 valence electrons. The van der Waals surface area contributed by atoms with Crippen molar-refractivity contribution in [2.24, 2.45) is 0 Å². The van der Waals surface area contributed by atoms with Gasteiger partial charge in [0.25, 0.3) is 0 Å². The molecular formula is C15H18FNO. The van der Waals surface area contributed by atoms with E-state index in [9.17, 15) is 4.39 Å². The van der Waals surface area contributed by atoms with Crippen LogP contribution in [0.25, 0.3) is 0 Å². The minimum atomic E-state index is -0.186. The molecule has 0 amide bonds. The maximum atomic E-state index is 12.7. The Kier molecular flexibility index (Phi) is 4.53. The molecule has 0 saturated heterocycles. The second-order valence-electron chi connectivity index (χ2n) is 4.27. The Morgan fingerprint density at radius 2 is 1.78 bits per heavy atom. The van der Waals surface area contributed by atoms with Crippen LogP contribution in [0.15, 0.2) is 40.8 Å². The molecule has 0 fully saturated rings. The van der Waals surface area contributed by atoms with Crippen LogP contribution in [0.2, 0.25) is 0 Å². The highest BCUT2D eigenvalue weighted by Gasteiger charge is 2.00. The smallest absolute Gasteiger partial charge is 0.123 e. The number of hydrogen-bond acceptors (Lipinski definition) is 2. The highest BCUT2D eigenvalue weighted by Crippen LogP contribution is 2.08. The van der Waals surface area contributed by atoms with Crippen LogP contribution < -0.4 is 5.32 Å². The summed E-state index contributed by atoms with van der Waals surface area (Å²) in [6.07, 6.45) is 1.82. The largest absolute Gasteiger partial charge is 0.465 e. The van der Waals surface area contributed by atoms with E-state index in [2.05, 4.69) is 12.2 Å². The maximum absolute atomic E-state index is 12.7. The summed E-state index contributed by atoms with van der Waals surface area (Å²) in [6, 6.07) is 10.6. The lowest BCUT2D eigenvalue weighted by atomic mass is 10.1. The van der Waals surface area contributed by atoms with Crippen molar-refractivity contribution in [3.63, 3.8) is 0 Å². The van der Waals surface area contributed by atoms with Crippen LogP contribution in [0, 0.1) is 5.82 Å². The van der Waals surface area contributed by atoms with Crippen LogP contribution in [-0.2, 0) is 19.4 Å². The lowest BCUT2D eigenvalue weighted by Gasteiger charge is -2.03. The Morgan fingerprint density at radius 1 is 1.06 bits per heavy atom. The molecule has 2 aromatic rings. The van der Waals surface area contributed by atoms with Gasteiger partial charge >= 0.3 is 0 Å². The highest BCUT2D eigenvalue weighted by molar-refractivity contribution is 5.16. The van der Waals surface area contributed by atoms with Gasteiger partial charge in [0.2, 0.25) is 0 Å². The van der Waals surface area contributed by atoms with E-state index in [1.54, 1.807) is 0 Å². The first kappa shape index (κ1) is 12.8. The molecule has 0 atom stereocenters. The predicted molar refractivity (Wildman–Crippen MR) is 69.9 cm³/mol. The van der Waals surface area contributed by atoms with Gasteiger partial charge in [-0.15, -0.1) is 0 Å². The molecule has 1 heterocycles. The van der Waals surface area contributed by atoms with E-state index in [1.165, 1.54) is 12.1 Å². The maximum Gasteiger partial charge on any atom is 0.123 e. The summed E-state index contributed by atoms with van der Waals surface area (Å²) < 4.78 is 18.3. The van der Waals surface area contributed by atoms with Crippen LogP contribution in [0.3, 0.4) is 0 Å².